The van der Waals surface area contributed by atoms with E-state index in [4.69, 9.17) is 9.47 Å². The number of thioether (sulfide) groups is 1. The quantitative estimate of drug-likeness (QED) is 0.274. The summed E-state index contributed by atoms with van der Waals surface area (Å²) in [4.78, 5) is 4.28. The van der Waals surface area contributed by atoms with Crippen LogP contribution in [0.25, 0.3) is 0 Å². The predicted molar refractivity (Wildman–Crippen MR) is 105 cm³/mol. The van der Waals surface area contributed by atoms with Crippen LogP contribution in [0.2, 0.25) is 0 Å². The third-order valence-electron chi connectivity index (χ3n) is 4.15. The third kappa shape index (κ3) is 7.23. The molecule has 22 heavy (non-hydrogen) atoms. The largest absolute Gasteiger partial charge is 0.377 e. The van der Waals surface area contributed by atoms with Gasteiger partial charge in [0.15, 0.2) is 5.96 Å². The van der Waals surface area contributed by atoms with Crippen molar-refractivity contribution in [2.24, 2.45) is 4.99 Å². The number of nitrogens with zero attached hydrogens (tertiary/aromatic N) is 1. The van der Waals surface area contributed by atoms with Crippen LogP contribution in [0.5, 0.6) is 0 Å². The van der Waals surface area contributed by atoms with E-state index in [1.807, 2.05) is 18.8 Å². The molecule has 1 heterocycles. The normalized spacial score (nSPS) is 28.5. The molecule has 2 aliphatic rings. The van der Waals surface area contributed by atoms with Gasteiger partial charge in [-0.1, -0.05) is 0 Å². The molecule has 3 atom stereocenters. The van der Waals surface area contributed by atoms with E-state index in [0.717, 1.165) is 30.8 Å². The molecule has 3 unspecified atom stereocenters. The monoisotopic (exact) mass is 443 g/mol. The van der Waals surface area contributed by atoms with Crippen molar-refractivity contribution in [3.05, 3.63) is 0 Å². The predicted octanol–water partition coefficient (Wildman–Crippen LogP) is 2.25. The minimum Gasteiger partial charge on any atom is -0.377 e. The molecule has 5 nitrogen and oxygen atoms in total. The van der Waals surface area contributed by atoms with Crippen LogP contribution >= 0.6 is 35.7 Å². The molecule has 130 valence electrons. The highest BCUT2D eigenvalue weighted by Crippen LogP contribution is 2.27. The number of hydrogen-bond acceptors (Lipinski definition) is 4. The van der Waals surface area contributed by atoms with Crippen molar-refractivity contribution in [1.29, 1.82) is 0 Å². The van der Waals surface area contributed by atoms with Crippen LogP contribution in [-0.4, -0.2) is 63.0 Å². The smallest absolute Gasteiger partial charge is 0.191 e. The van der Waals surface area contributed by atoms with Gasteiger partial charge in [-0.25, -0.2) is 0 Å². The second kappa shape index (κ2) is 11.8. The van der Waals surface area contributed by atoms with Crippen LogP contribution in [0, 0.1) is 0 Å². The molecule has 0 aromatic heterocycles. The number of nitrogens with one attached hydrogen (secondary N) is 2. The highest BCUT2D eigenvalue weighted by Gasteiger charge is 2.24. The van der Waals surface area contributed by atoms with E-state index in [1.54, 1.807) is 0 Å². The highest BCUT2D eigenvalue weighted by atomic mass is 127. The van der Waals surface area contributed by atoms with Crippen molar-refractivity contribution >= 4 is 41.7 Å². The molecular formula is C15H30IN3O2S. The lowest BCUT2D eigenvalue weighted by Crippen LogP contribution is -2.43. The van der Waals surface area contributed by atoms with Gasteiger partial charge in [0.2, 0.25) is 0 Å². The van der Waals surface area contributed by atoms with E-state index in [0.29, 0.717) is 25.4 Å². The van der Waals surface area contributed by atoms with Gasteiger partial charge in [-0.05, 0) is 38.4 Å². The Hall–Kier alpha value is 0.270. The van der Waals surface area contributed by atoms with Crippen LogP contribution < -0.4 is 10.6 Å². The maximum Gasteiger partial charge on any atom is 0.191 e. The van der Waals surface area contributed by atoms with Gasteiger partial charge in [0.25, 0.3) is 0 Å². The highest BCUT2D eigenvalue weighted by molar-refractivity contribution is 14.0. The first-order chi connectivity index (χ1) is 10.3. The zero-order valence-electron chi connectivity index (χ0n) is 13.7. The van der Waals surface area contributed by atoms with E-state index in [-0.39, 0.29) is 24.0 Å². The maximum atomic E-state index is 5.64. The molecule has 0 aromatic rings. The zero-order valence-corrected chi connectivity index (χ0v) is 16.8. The van der Waals surface area contributed by atoms with Crippen LogP contribution in [-0.2, 0) is 9.47 Å². The molecule has 0 amide bonds. The van der Waals surface area contributed by atoms with E-state index >= 15 is 0 Å². The molecule has 1 aliphatic heterocycles. The van der Waals surface area contributed by atoms with Crippen molar-refractivity contribution in [3.8, 4) is 0 Å². The Morgan fingerprint density at radius 1 is 1.36 bits per heavy atom. The summed E-state index contributed by atoms with van der Waals surface area (Å²) in [5.74, 6) is 0.891. The first-order valence-corrected chi connectivity index (χ1v) is 9.30. The molecule has 0 radical (unpaired) electrons. The van der Waals surface area contributed by atoms with Crippen LogP contribution in [0.15, 0.2) is 4.99 Å². The summed E-state index contributed by atoms with van der Waals surface area (Å²) in [7, 11) is 1.82. The number of guanidine groups is 1. The summed E-state index contributed by atoms with van der Waals surface area (Å²) in [5.41, 5.74) is 0. The number of ether oxygens (including phenoxy) is 2. The van der Waals surface area contributed by atoms with Crippen molar-refractivity contribution in [1.82, 2.24) is 10.6 Å². The fraction of sp³-hybridized carbons (Fsp3) is 0.933. The Labute approximate surface area is 155 Å². The summed E-state index contributed by atoms with van der Waals surface area (Å²) in [6.07, 6.45) is 8.59. The summed E-state index contributed by atoms with van der Waals surface area (Å²) >= 11 is 1.98. The first kappa shape index (κ1) is 20.3. The number of hydrogen-bond donors (Lipinski definition) is 2. The Balaban J connectivity index is 0.00000242. The molecule has 1 aliphatic carbocycles. The fourth-order valence-electron chi connectivity index (χ4n) is 2.91. The molecule has 2 fully saturated rings. The Bertz CT molecular complexity index is 328. The van der Waals surface area contributed by atoms with Gasteiger partial charge in [-0.3, -0.25) is 4.99 Å². The molecule has 2 rings (SSSR count). The standard InChI is InChI=1S/C15H29N3O2S.HI/c1-16-15(18-12-5-6-14(10-12)21-2)17-7-9-19-11-13-4-3-8-20-13;/h12-14H,3-11H2,1-2H3,(H2,16,17,18);1H. The zero-order chi connectivity index (χ0) is 14.9. The summed E-state index contributed by atoms with van der Waals surface area (Å²) in [6.45, 7) is 3.08. The molecular weight excluding hydrogens is 413 g/mol. The Morgan fingerprint density at radius 3 is 2.86 bits per heavy atom. The molecule has 0 bridgehead atoms. The number of halogens is 1. The van der Waals surface area contributed by atoms with Gasteiger partial charge in [0.1, 0.15) is 0 Å². The first-order valence-electron chi connectivity index (χ1n) is 8.01. The second-order valence-corrected chi connectivity index (χ2v) is 6.86. The van der Waals surface area contributed by atoms with Gasteiger partial charge in [-0.2, -0.15) is 11.8 Å². The molecule has 2 N–H and O–H groups in total. The van der Waals surface area contributed by atoms with E-state index in [2.05, 4.69) is 21.9 Å². The number of rotatable bonds is 7. The maximum absolute atomic E-state index is 5.64. The van der Waals surface area contributed by atoms with Gasteiger partial charge >= 0.3 is 0 Å². The van der Waals surface area contributed by atoms with Crippen molar-refractivity contribution in [3.63, 3.8) is 0 Å². The lowest BCUT2D eigenvalue weighted by atomic mass is 10.2. The third-order valence-corrected chi connectivity index (χ3v) is 5.24. The van der Waals surface area contributed by atoms with Crippen molar-refractivity contribution in [2.45, 2.75) is 49.5 Å². The average molecular weight is 443 g/mol. The Kier molecular flexibility index (Phi) is 10.9. The minimum absolute atomic E-state index is 0. The minimum atomic E-state index is 0. The summed E-state index contributed by atoms with van der Waals surface area (Å²) in [6, 6.07) is 0.557. The topological polar surface area (TPSA) is 54.9 Å². The van der Waals surface area contributed by atoms with Gasteiger partial charge in [-0.15, -0.1) is 24.0 Å². The van der Waals surface area contributed by atoms with Gasteiger partial charge in [0.05, 0.1) is 19.3 Å². The molecule has 7 heteroatoms. The molecule has 1 saturated carbocycles. The summed E-state index contributed by atoms with van der Waals surface area (Å²) in [5, 5.41) is 7.63. The van der Waals surface area contributed by atoms with Gasteiger partial charge in [0, 0.05) is 31.5 Å². The average Bonchev–Trinajstić information content (AvgIpc) is 3.16. The van der Waals surface area contributed by atoms with Crippen LogP contribution in [0.4, 0.5) is 0 Å². The Morgan fingerprint density at radius 2 is 2.23 bits per heavy atom. The van der Waals surface area contributed by atoms with Gasteiger partial charge < -0.3 is 20.1 Å². The van der Waals surface area contributed by atoms with E-state index < -0.39 is 0 Å². The van der Waals surface area contributed by atoms with E-state index in [9.17, 15) is 0 Å². The second-order valence-electron chi connectivity index (χ2n) is 5.72. The lowest BCUT2D eigenvalue weighted by Gasteiger charge is -2.17. The molecule has 0 aromatic carbocycles. The fourth-order valence-corrected chi connectivity index (χ4v) is 3.70. The van der Waals surface area contributed by atoms with E-state index in [1.165, 1.54) is 25.7 Å². The lowest BCUT2D eigenvalue weighted by molar-refractivity contribution is 0.0191. The van der Waals surface area contributed by atoms with Crippen LogP contribution in [0.3, 0.4) is 0 Å². The van der Waals surface area contributed by atoms with Crippen molar-refractivity contribution in [2.75, 3.05) is 39.7 Å². The molecule has 0 spiro atoms. The SMILES string of the molecule is CN=C(NCCOCC1CCCO1)NC1CCC(SC)C1.I. The summed E-state index contributed by atoms with van der Waals surface area (Å²) < 4.78 is 11.2. The van der Waals surface area contributed by atoms with Crippen molar-refractivity contribution < 1.29 is 9.47 Å². The molecule has 1 saturated heterocycles. The number of aliphatic imine (C=N–C) groups is 1. The van der Waals surface area contributed by atoms with Crippen LogP contribution in [0.1, 0.15) is 32.1 Å².